The largest absolute Gasteiger partial charge is 0.484 e. The quantitative estimate of drug-likeness (QED) is 0.499. The van der Waals surface area contributed by atoms with Crippen LogP contribution in [0.3, 0.4) is 0 Å². The van der Waals surface area contributed by atoms with Gasteiger partial charge in [-0.05, 0) is 44.5 Å². The minimum Gasteiger partial charge on any atom is -0.484 e. The van der Waals surface area contributed by atoms with Gasteiger partial charge in [-0.15, -0.1) is 0 Å². The molecule has 0 aliphatic rings. The van der Waals surface area contributed by atoms with Gasteiger partial charge >= 0.3 is 0 Å². The summed E-state index contributed by atoms with van der Waals surface area (Å²) in [6.07, 6.45) is 0.900. The van der Waals surface area contributed by atoms with Crippen molar-refractivity contribution in [2.45, 2.75) is 26.8 Å². The lowest BCUT2D eigenvalue weighted by molar-refractivity contribution is 0.0921. The molecule has 4 nitrogen and oxygen atoms in total. The second-order valence-electron chi connectivity index (χ2n) is 5.57. The van der Waals surface area contributed by atoms with Crippen LogP contribution < -0.4 is 4.74 Å². The molecule has 6 heteroatoms. The Labute approximate surface area is 152 Å². The Morgan fingerprint density at radius 2 is 1.96 bits per heavy atom. The van der Waals surface area contributed by atoms with E-state index in [1.54, 1.807) is 25.3 Å². The molecule has 130 valence electrons. The molecular weight excluding hydrogens is 349 g/mol. The lowest BCUT2D eigenvalue weighted by Crippen LogP contribution is -2.13. The van der Waals surface area contributed by atoms with E-state index in [9.17, 15) is 4.79 Å². The molecule has 0 aliphatic carbocycles. The summed E-state index contributed by atoms with van der Waals surface area (Å²) in [7, 11) is 1.68. The SMILES string of the molecule is COCCCn1c(C)cc(C(=O)COc2ccc(Cl)cc2Cl)c1C. The molecule has 2 rings (SSSR count). The number of hydrogen-bond acceptors (Lipinski definition) is 3. The van der Waals surface area contributed by atoms with Crippen LogP contribution >= 0.6 is 23.2 Å². The van der Waals surface area contributed by atoms with Gasteiger partial charge in [0.1, 0.15) is 5.75 Å². The predicted molar refractivity (Wildman–Crippen MR) is 96.7 cm³/mol. The van der Waals surface area contributed by atoms with Gasteiger partial charge in [-0.1, -0.05) is 23.2 Å². The van der Waals surface area contributed by atoms with Crippen molar-refractivity contribution < 1.29 is 14.3 Å². The number of rotatable bonds is 8. The number of methoxy groups -OCH3 is 1. The number of aromatic nitrogens is 1. The van der Waals surface area contributed by atoms with Crippen LogP contribution in [0.5, 0.6) is 5.75 Å². The van der Waals surface area contributed by atoms with E-state index in [2.05, 4.69) is 4.57 Å². The van der Waals surface area contributed by atoms with Crippen LogP contribution in [-0.4, -0.2) is 30.7 Å². The summed E-state index contributed by atoms with van der Waals surface area (Å²) in [6, 6.07) is 6.82. The average molecular weight is 370 g/mol. The lowest BCUT2D eigenvalue weighted by atomic mass is 10.1. The Bertz CT molecular complexity index is 725. The number of nitrogens with zero attached hydrogens (tertiary/aromatic N) is 1. The lowest BCUT2D eigenvalue weighted by Gasteiger charge is -2.10. The molecule has 1 aromatic heterocycles. The summed E-state index contributed by atoms with van der Waals surface area (Å²) >= 11 is 11.9. The van der Waals surface area contributed by atoms with Crippen molar-refractivity contribution in [3.05, 3.63) is 51.3 Å². The summed E-state index contributed by atoms with van der Waals surface area (Å²) in [5, 5.41) is 0.915. The Kier molecular flexibility index (Phi) is 6.72. The Hall–Kier alpha value is -1.49. The van der Waals surface area contributed by atoms with Crippen LogP contribution in [0, 0.1) is 13.8 Å². The van der Waals surface area contributed by atoms with E-state index in [1.165, 1.54) is 0 Å². The first-order chi connectivity index (χ1) is 11.4. The highest BCUT2D eigenvalue weighted by molar-refractivity contribution is 6.35. The number of aryl methyl sites for hydroxylation is 1. The predicted octanol–water partition coefficient (Wildman–Crippen LogP) is 4.71. The highest BCUT2D eigenvalue weighted by Gasteiger charge is 2.16. The third-order valence-corrected chi connectivity index (χ3v) is 4.39. The zero-order chi connectivity index (χ0) is 17.7. The molecule has 0 spiro atoms. The van der Waals surface area contributed by atoms with Gasteiger partial charge in [0.15, 0.2) is 6.61 Å². The molecule has 24 heavy (non-hydrogen) atoms. The molecule has 2 aromatic rings. The molecular formula is C18H21Cl2NO3. The van der Waals surface area contributed by atoms with Gasteiger partial charge in [0.05, 0.1) is 5.02 Å². The Balaban J connectivity index is 2.05. The monoisotopic (exact) mass is 369 g/mol. The molecule has 0 saturated heterocycles. The first-order valence-corrected chi connectivity index (χ1v) is 8.46. The second-order valence-corrected chi connectivity index (χ2v) is 6.41. The fourth-order valence-electron chi connectivity index (χ4n) is 2.61. The van der Waals surface area contributed by atoms with Gasteiger partial charge in [-0.2, -0.15) is 0 Å². The molecule has 0 amide bonds. The van der Waals surface area contributed by atoms with E-state index in [4.69, 9.17) is 32.7 Å². The minimum absolute atomic E-state index is 0.0658. The Morgan fingerprint density at radius 3 is 2.62 bits per heavy atom. The van der Waals surface area contributed by atoms with Gasteiger partial charge in [0.2, 0.25) is 5.78 Å². The fraction of sp³-hybridized carbons (Fsp3) is 0.389. The second kappa shape index (κ2) is 8.56. The highest BCUT2D eigenvalue weighted by Crippen LogP contribution is 2.27. The van der Waals surface area contributed by atoms with Crippen LogP contribution in [-0.2, 0) is 11.3 Å². The van der Waals surface area contributed by atoms with E-state index in [1.807, 2.05) is 19.9 Å². The smallest absolute Gasteiger partial charge is 0.202 e. The van der Waals surface area contributed by atoms with Gasteiger partial charge < -0.3 is 14.0 Å². The summed E-state index contributed by atoms with van der Waals surface area (Å²) in [6.45, 7) is 5.39. The number of benzene rings is 1. The molecule has 0 unspecified atom stereocenters. The third-order valence-electron chi connectivity index (χ3n) is 3.86. The number of ether oxygens (including phenoxy) is 2. The van der Waals surface area contributed by atoms with Gasteiger partial charge in [-0.3, -0.25) is 4.79 Å². The first-order valence-electron chi connectivity index (χ1n) is 7.70. The fourth-order valence-corrected chi connectivity index (χ4v) is 3.07. The van der Waals surface area contributed by atoms with Crippen molar-refractivity contribution in [3.8, 4) is 5.75 Å². The van der Waals surface area contributed by atoms with Crippen LogP contribution in [0.4, 0.5) is 0 Å². The minimum atomic E-state index is -0.0768. The normalized spacial score (nSPS) is 10.9. The number of hydrogen-bond donors (Lipinski definition) is 0. The van der Waals surface area contributed by atoms with E-state index >= 15 is 0 Å². The zero-order valence-electron chi connectivity index (χ0n) is 14.1. The molecule has 0 atom stereocenters. The van der Waals surface area contributed by atoms with Crippen molar-refractivity contribution in [3.63, 3.8) is 0 Å². The molecule has 0 aliphatic heterocycles. The molecule has 0 saturated carbocycles. The molecule has 1 heterocycles. The maximum Gasteiger partial charge on any atom is 0.202 e. The topological polar surface area (TPSA) is 40.5 Å². The Morgan fingerprint density at radius 1 is 1.21 bits per heavy atom. The number of ketones is 1. The van der Waals surface area contributed by atoms with Crippen molar-refractivity contribution >= 4 is 29.0 Å². The standard InChI is InChI=1S/C18H21Cl2NO3/c1-12-9-15(13(2)21(12)7-4-8-23-3)17(22)11-24-18-6-5-14(19)10-16(18)20/h5-6,9-10H,4,7-8,11H2,1-3H3. The molecule has 0 radical (unpaired) electrons. The summed E-state index contributed by atoms with van der Waals surface area (Å²) in [4.78, 5) is 12.5. The summed E-state index contributed by atoms with van der Waals surface area (Å²) in [5.41, 5.74) is 2.67. The summed E-state index contributed by atoms with van der Waals surface area (Å²) in [5.74, 6) is 0.371. The maximum absolute atomic E-state index is 12.5. The van der Waals surface area contributed by atoms with E-state index < -0.39 is 0 Å². The number of carbonyl (C=O) groups is 1. The highest BCUT2D eigenvalue weighted by atomic mass is 35.5. The van der Waals surface area contributed by atoms with Crippen molar-refractivity contribution in [1.82, 2.24) is 4.57 Å². The van der Waals surface area contributed by atoms with Crippen molar-refractivity contribution in [2.75, 3.05) is 20.3 Å². The number of Topliss-reactive ketones (excluding diaryl/α,β-unsaturated/α-hetero) is 1. The average Bonchev–Trinajstić information content (AvgIpc) is 2.82. The van der Waals surface area contributed by atoms with Gasteiger partial charge in [0.25, 0.3) is 0 Å². The van der Waals surface area contributed by atoms with Crippen LogP contribution in [0.2, 0.25) is 10.0 Å². The molecule has 1 aromatic carbocycles. The maximum atomic E-state index is 12.5. The van der Waals surface area contributed by atoms with Crippen molar-refractivity contribution in [2.24, 2.45) is 0 Å². The molecule has 0 fully saturated rings. The first kappa shape index (κ1) is 18.8. The molecule has 0 N–H and O–H groups in total. The van der Waals surface area contributed by atoms with E-state index in [0.717, 1.165) is 24.4 Å². The summed E-state index contributed by atoms with van der Waals surface area (Å²) < 4.78 is 12.8. The number of carbonyl (C=O) groups excluding carboxylic acids is 1. The van der Waals surface area contributed by atoms with Crippen LogP contribution in [0.15, 0.2) is 24.3 Å². The van der Waals surface area contributed by atoms with Crippen molar-refractivity contribution in [1.29, 1.82) is 0 Å². The van der Waals surface area contributed by atoms with Crippen LogP contribution in [0.1, 0.15) is 28.2 Å². The zero-order valence-corrected chi connectivity index (χ0v) is 15.6. The number of halogens is 2. The van der Waals surface area contributed by atoms with E-state index in [0.29, 0.717) is 28.0 Å². The molecule has 0 bridgehead atoms. The van der Waals surface area contributed by atoms with Crippen LogP contribution in [0.25, 0.3) is 0 Å². The third kappa shape index (κ3) is 4.53. The van der Waals surface area contributed by atoms with E-state index in [-0.39, 0.29) is 12.4 Å². The van der Waals surface area contributed by atoms with Gasteiger partial charge in [-0.25, -0.2) is 0 Å². The van der Waals surface area contributed by atoms with Gasteiger partial charge in [0, 0.05) is 42.2 Å².